The summed E-state index contributed by atoms with van der Waals surface area (Å²) in [7, 11) is 3.14. The van der Waals surface area contributed by atoms with Crippen molar-refractivity contribution >= 4 is 17.5 Å². The van der Waals surface area contributed by atoms with Crippen LogP contribution in [0.5, 0.6) is 11.5 Å². The maximum absolute atomic E-state index is 12.0. The van der Waals surface area contributed by atoms with Crippen LogP contribution >= 0.6 is 11.6 Å². The first kappa shape index (κ1) is 15.1. The maximum atomic E-state index is 12.0. The molecule has 21 heavy (non-hydrogen) atoms. The Morgan fingerprint density at radius 3 is 2.62 bits per heavy atom. The number of nitrogens with one attached hydrogen (secondary N) is 1. The maximum Gasteiger partial charge on any atom is 0.272 e. The average molecular weight is 308 g/mol. The number of ether oxygens (including phenoxy) is 2. The van der Waals surface area contributed by atoms with E-state index in [4.69, 9.17) is 21.1 Å². The van der Waals surface area contributed by atoms with Crippen LogP contribution < -0.4 is 14.8 Å². The molecule has 1 heterocycles. The fraction of sp³-hybridized carbons (Fsp3) is 0.214. The fourth-order valence-corrected chi connectivity index (χ4v) is 1.82. The number of methoxy groups -OCH3 is 2. The zero-order chi connectivity index (χ0) is 15.2. The summed E-state index contributed by atoms with van der Waals surface area (Å²) >= 11 is 5.63. The zero-order valence-corrected chi connectivity index (χ0v) is 12.3. The summed E-state index contributed by atoms with van der Waals surface area (Å²) in [6, 6.07) is 8.38. The molecule has 1 aromatic heterocycles. The third-order valence-electron chi connectivity index (χ3n) is 2.79. The summed E-state index contributed by atoms with van der Waals surface area (Å²) in [5.41, 5.74) is 0.994. The molecule has 0 unspecified atom stereocenters. The Kier molecular flexibility index (Phi) is 4.94. The summed E-state index contributed by atoms with van der Waals surface area (Å²) in [4.78, 5) is 12.0. The lowest BCUT2D eigenvalue weighted by molar-refractivity contribution is 0.0944. The van der Waals surface area contributed by atoms with E-state index in [1.54, 1.807) is 32.4 Å². The third-order valence-corrected chi connectivity index (χ3v) is 2.99. The number of carbonyl (C=O) groups excluding carboxylic acids is 1. The molecule has 0 aliphatic rings. The molecular weight excluding hydrogens is 294 g/mol. The quantitative estimate of drug-likeness (QED) is 0.915. The molecular formula is C14H14ClN3O3. The monoisotopic (exact) mass is 307 g/mol. The van der Waals surface area contributed by atoms with Crippen LogP contribution in [0.15, 0.2) is 30.3 Å². The second-order valence-electron chi connectivity index (χ2n) is 4.10. The number of halogens is 1. The van der Waals surface area contributed by atoms with Gasteiger partial charge in [0.15, 0.2) is 10.8 Å². The van der Waals surface area contributed by atoms with E-state index in [9.17, 15) is 4.79 Å². The number of benzene rings is 1. The molecule has 110 valence electrons. The molecule has 1 N–H and O–H groups in total. The van der Waals surface area contributed by atoms with Crippen LogP contribution in [0, 0.1) is 0 Å². The Balaban J connectivity index is 2.08. The highest BCUT2D eigenvalue weighted by Crippen LogP contribution is 2.23. The number of hydrogen-bond donors (Lipinski definition) is 1. The van der Waals surface area contributed by atoms with Crippen LogP contribution in [0.3, 0.4) is 0 Å². The largest absolute Gasteiger partial charge is 0.497 e. The van der Waals surface area contributed by atoms with Gasteiger partial charge in [0.05, 0.1) is 14.2 Å². The number of hydrogen-bond acceptors (Lipinski definition) is 5. The SMILES string of the molecule is COc1ccc(OC)c(CNC(=O)c2ccc(Cl)nn2)c1. The predicted octanol–water partition coefficient (Wildman–Crippen LogP) is 2.08. The minimum atomic E-state index is -0.343. The third kappa shape index (κ3) is 3.82. The van der Waals surface area contributed by atoms with Crippen molar-refractivity contribution in [3.8, 4) is 11.5 Å². The topological polar surface area (TPSA) is 73.3 Å². The van der Waals surface area contributed by atoms with Crippen molar-refractivity contribution in [3.63, 3.8) is 0 Å². The van der Waals surface area contributed by atoms with Crippen LogP contribution in [0.4, 0.5) is 0 Å². The van der Waals surface area contributed by atoms with E-state index in [0.29, 0.717) is 11.5 Å². The molecule has 0 spiro atoms. The first-order chi connectivity index (χ1) is 10.1. The van der Waals surface area contributed by atoms with Gasteiger partial charge in [-0.2, -0.15) is 0 Å². The molecule has 2 rings (SSSR count). The molecule has 0 saturated carbocycles. The standard InChI is InChI=1S/C14H14ClN3O3/c1-20-10-3-5-12(21-2)9(7-10)8-16-14(19)11-4-6-13(15)18-17-11/h3-7H,8H2,1-2H3,(H,16,19). The summed E-state index contributed by atoms with van der Waals surface area (Å²) in [5, 5.41) is 10.3. The number of carbonyl (C=O) groups is 1. The Labute approximate surface area is 127 Å². The molecule has 0 radical (unpaired) electrons. The van der Waals surface area contributed by atoms with Gasteiger partial charge in [-0.15, -0.1) is 10.2 Å². The van der Waals surface area contributed by atoms with Crippen molar-refractivity contribution in [2.45, 2.75) is 6.54 Å². The van der Waals surface area contributed by atoms with Crippen LogP contribution in [-0.2, 0) is 6.54 Å². The fourth-order valence-electron chi connectivity index (χ4n) is 1.72. The lowest BCUT2D eigenvalue weighted by Crippen LogP contribution is -2.24. The van der Waals surface area contributed by atoms with E-state index in [2.05, 4.69) is 15.5 Å². The van der Waals surface area contributed by atoms with E-state index >= 15 is 0 Å². The van der Waals surface area contributed by atoms with Crippen molar-refractivity contribution in [1.82, 2.24) is 15.5 Å². The van der Waals surface area contributed by atoms with Gasteiger partial charge in [-0.1, -0.05) is 11.6 Å². The Morgan fingerprint density at radius 2 is 2.00 bits per heavy atom. The first-order valence-electron chi connectivity index (χ1n) is 6.12. The minimum absolute atomic E-state index is 0.196. The van der Waals surface area contributed by atoms with Gasteiger partial charge in [0.2, 0.25) is 0 Å². The van der Waals surface area contributed by atoms with E-state index in [-0.39, 0.29) is 23.3 Å². The highest BCUT2D eigenvalue weighted by Gasteiger charge is 2.10. The molecule has 1 aromatic carbocycles. The van der Waals surface area contributed by atoms with Crippen LogP contribution in [0.25, 0.3) is 0 Å². The van der Waals surface area contributed by atoms with Gasteiger partial charge in [0.25, 0.3) is 5.91 Å². The summed E-state index contributed by atoms with van der Waals surface area (Å²) in [5.74, 6) is 1.01. The van der Waals surface area contributed by atoms with Crippen molar-refractivity contribution in [3.05, 3.63) is 46.7 Å². The van der Waals surface area contributed by atoms with Crippen LogP contribution in [0.2, 0.25) is 5.15 Å². The number of aromatic nitrogens is 2. The van der Waals surface area contributed by atoms with E-state index < -0.39 is 0 Å². The molecule has 0 aliphatic carbocycles. The smallest absolute Gasteiger partial charge is 0.272 e. The van der Waals surface area contributed by atoms with Gasteiger partial charge in [-0.25, -0.2) is 0 Å². The molecule has 1 amide bonds. The van der Waals surface area contributed by atoms with Gasteiger partial charge >= 0.3 is 0 Å². The summed E-state index contributed by atoms with van der Waals surface area (Å²) in [6.07, 6.45) is 0. The Morgan fingerprint density at radius 1 is 1.19 bits per heavy atom. The van der Waals surface area contributed by atoms with Crippen LogP contribution in [-0.4, -0.2) is 30.3 Å². The highest BCUT2D eigenvalue weighted by atomic mass is 35.5. The van der Waals surface area contributed by atoms with Crippen molar-refractivity contribution in [1.29, 1.82) is 0 Å². The molecule has 0 saturated heterocycles. The van der Waals surface area contributed by atoms with Gasteiger partial charge in [0.1, 0.15) is 11.5 Å². The first-order valence-corrected chi connectivity index (χ1v) is 6.50. The van der Waals surface area contributed by atoms with E-state index in [1.807, 2.05) is 0 Å². The molecule has 0 aliphatic heterocycles. The van der Waals surface area contributed by atoms with Crippen molar-refractivity contribution < 1.29 is 14.3 Å². The Hall–Kier alpha value is -2.34. The minimum Gasteiger partial charge on any atom is -0.497 e. The Bertz CT molecular complexity index is 632. The number of amides is 1. The van der Waals surface area contributed by atoms with Crippen LogP contribution in [0.1, 0.15) is 16.1 Å². The number of rotatable bonds is 5. The number of nitrogens with zero attached hydrogens (tertiary/aromatic N) is 2. The predicted molar refractivity (Wildman–Crippen MR) is 77.8 cm³/mol. The van der Waals surface area contributed by atoms with E-state index in [1.165, 1.54) is 12.1 Å². The summed E-state index contributed by atoms with van der Waals surface area (Å²) in [6.45, 7) is 0.281. The summed E-state index contributed by atoms with van der Waals surface area (Å²) < 4.78 is 10.4. The second-order valence-corrected chi connectivity index (χ2v) is 4.49. The van der Waals surface area contributed by atoms with Crippen molar-refractivity contribution in [2.24, 2.45) is 0 Å². The normalized spacial score (nSPS) is 10.0. The second kappa shape index (κ2) is 6.90. The zero-order valence-electron chi connectivity index (χ0n) is 11.6. The average Bonchev–Trinajstić information content (AvgIpc) is 2.52. The molecule has 0 bridgehead atoms. The lowest BCUT2D eigenvalue weighted by atomic mass is 10.2. The molecule has 2 aromatic rings. The van der Waals surface area contributed by atoms with E-state index in [0.717, 1.165) is 5.56 Å². The highest BCUT2D eigenvalue weighted by molar-refractivity contribution is 6.29. The van der Waals surface area contributed by atoms with Crippen molar-refractivity contribution in [2.75, 3.05) is 14.2 Å². The molecule has 0 fully saturated rings. The van der Waals surface area contributed by atoms with Gasteiger partial charge in [0, 0.05) is 12.1 Å². The lowest BCUT2D eigenvalue weighted by Gasteiger charge is -2.11. The van der Waals surface area contributed by atoms with Gasteiger partial charge < -0.3 is 14.8 Å². The molecule has 7 heteroatoms. The van der Waals surface area contributed by atoms with Gasteiger partial charge in [-0.05, 0) is 30.3 Å². The molecule has 0 atom stereocenters. The van der Waals surface area contributed by atoms with Gasteiger partial charge in [-0.3, -0.25) is 4.79 Å². The molecule has 6 nitrogen and oxygen atoms in total.